The minimum absolute atomic E-state index is 0.263. The fourth-order valence-electron chi connectivity index (χ4n) is 1.80. The van der Waals surface area contributed by atoms with Crippen molar-refractivity contribution in [3.8, 4) is 0 Å². The van der Waals surface area contributed by atoms with Gasteiger partial charge >= 0.3 is 10.1 Å². The lowest BCUT2D eigenvalue weighted by Crippen LogP contribution is -2.67. The SMILES string of the molecule is C=CC(F)(C(F)(F)CC)C(F)(C=C)C(F)(C=C)S(=O)(=O)O. The lowest BCUT2D eigenvalue weighted by Gasteiger charge is -2.44. The Balaban J connectivity index is 6.77. The Labute approximate surface area is 119 Å². The molecule has 0 radical (unpaired) electrons. The van der Waals surface area contributed by atoms with E-state index in [1.54, 1.807) is 0 Å². The number of halogens is 5. The molecule has 0 bridgehead atoms. The first kappa shape index (κ1) is 19.8. The van der Waals surface area contributed by atoms with Crippen molar-refractivity contribution in [2.45, 2.75) is 35.6 Å². The van der Waals surface area contributed by atoms with Crippen molar-refractivity contribution < 1.29 is 34.9 Å². The maximum Gasteiger partial charge on any atom is 0.308 e. The van der Waals surface area contributed by atoms with E-state index in [0.29, 0.717) is 0 Å². The van der Waals surface area contributed by atoms with Crippen molar-refractivity contribution in [1.29, 1.82) is 0 Å². The van der Waals surface area contributed by atoms with Crippen molar-refractivity contribution in [3.05, 3.63) is 38.0 Å². The third-order valence-corrected chi connectivity index (χ3v) is 4.42. The van der Waals surface area contributed by atoms with Crippen LogP contribution in [0.1, 0.15) is 13.3 Å². The molecule has 0 aromatic heterocycles. The van der Waals surface area contributed by atoms with E-state index in [9.17, 15) is 30.4 Å². The summed E-state index contributed by atoms with van der Waals surface area (Å²) in [5.41, 5.74) is -9.08. The van der Waals surface area contributed by atoms with E-state index in [2.05, 4.69) is 19.7 Å². The van der Waals surface area contributed by atoms with E-state index in [1.807, 2.05) is 0 Å². The van der Waals surface area contributed by atoms with E-state index in [1.165, 1.54) is 0 Å². The summed E-state index contributed by atoms with van der Waals surface area (Å²) in [6.07, 6.45) is -2.18. The zero-order chi connectivity index (χ0) is 17.3. The van der Waals surface area contributed by atoms with Gasteiger partial charge in [0.25, 0.3) is 10.9 Å². The normalized spacial score (nSPS) is 21.5. The summed E-state index contributed by atoms with van der Waals surface area (Å²) in [4.78, 5) is 0. The van der Waals surface area contributed by atoms with Gasteiger partial charge in [-0.05, 0) is 18.2 Å². The number of rotatable bonds is 8. The van der Waals surface area contributed by atoms with Gasteiger partial charge in [-0.3, -0.25) is 4.55 Å². The quantitative estimate of drug-likeness (QED) is 0.419. The molecule has 0 amide bonds. The summed E-state index contributed by atoms with van der Waals surface area (Å²) >= 11 is 0. The van der Waals surface area contributed by atoms with Gasteiger partial charge in [-0.15, -0.1) is 0 Å². The van der Waals surface area contributed by atoms with Crippen LogP contribution in [0.2, 0.25) is 0 Å². The van der Waals surface area contributed by atoms with Crippen molar-refractivity contribution in [2.24, 2.45) is 0 Å². The van der Waals surface area contributed by atoms with Crippen LogP contribution in [0.4, 0.5) is 22.0 Å². The minimum Gasteiger partial charge on any atom is -0.283 e. The summed E-state index contributed by atoms with van der Waals surface area (Å²) in [5.74, 6) is -4.54. The molecule has 0 aromatic rings. The van der Waals surface area contributed by atoms with Crippen molar-refractivity contribution in [2.75, 3.05) is 0 Å². The molecule has 3 nitrogen and oxygen atoms in total. The van der Waals surface area contributed by atoms with Crippen molar-refractivity contribution in [3.63, 3.8) is 0 Å². The molecule has 122 valence electrons. The molecule has 0 saturated carbocycles. The minimum atomic E-state index is -6.00. The molecule has 9 heteroatoms. The van der Waals surface area contributed by atoms with Gasteiger partial charge in [-0.2, -0.15) is 8.42 Å². The van der Waals surface area contributed by atoms with E-state index in [4.69, 9.17) is 4.55 Å². The van der Waals surface area contributed by atoms with Crippen molar-refractivity contribution in [1.82, 2.24) is 0 Å². The van der Waals surface area contributed by atoms with Gasteiger partial charge in [0, 0.05) is 6.42 Å². The van der Waals surface area contributed by atoms with Crippen LogP contribution < -0.4 is 0 Å². The molecular formula is C12H15F5O3S. The first-order chi connectivity index (χ1) is 9.24. The van der Waals surface area contributed by atoms with E-state index < -0.39 is 38.8 Å². The van der Waals surface area contributed by atoms with Gasteiger partial charge in [0.2, 0.25) is 11.3 Å². The third kappa shape index (κ3) is 2.42. The van der Waals surface area contributed by atoms with Crippen LogP contribution >= 0.6 is 0 Å². The number of hydrogen-bond donors (Lipinski definition) is 1. The molecule has 0 aliphatic heterocycles. The summed E-state index contributed by atoms with van der Waals surface area (Å²) in [7, 11) is -6.00. The lowest BCUT2D eigenvalue weighted by atomic mass is 9.76. The Morgan fingerprint density at radius 2 is 1.33 bits per heavy atom. The monoisotopic (exact) mass is 334 g/mol. The molecule has 0 heterocycles. The van der Waals surface area contributed by atoms with Crippen LogP contribution in [-0.2, 0) is 10.1 Å². The van der Waals surface area contributed by atoms with Crippen LogP contribution in [0.25, 0.3) is 0 Å². The van der Waals surface area contributed by atoms with E-state index in [-0.39, 0.29) is 18.2 Å². The topological polar surface area (TPSA) is 54.4 Å². The standard InChI is InChI=1S/C12H15F5O3S/c1-5-9(13,11(15,16)7-3)10(14,6-2)12(17,8-4)21(18,19)20/h5-6,8H,1-2,4,7H2,3H3,(H,18,19,20). The fourth-order valence-corrected chi connectivity index (χ4v) is 2.62. The average Bonchev–Trinajstić information content (AvgIpc) is 2.42. The van der Waals surface area contributed by atoms with E-state index >= 15 is 0 Å². The molecule has 0 aliphatic rings. The Morgan fingerprint density at radius 3 is 1.52 bits per heavy atom. The van der Waals surface area contributed by atoms with Crippen LogP contribution in [0.15, 0.2) is 38.0 Å². The molecule has 0 spiro atoms. The summed E-state index contributed by atoms with van der Waals surface area (Å²) in [6.45, 7) is 8.72. The van der Waals surface area contributed by atoms with Gasteiger partial charge in [-0.1, -0.05) is 26.7 Å². The summed E-state index contributed by atoms with van der Waals surface area (Å²) < 4.78 is 102. The van der Waals surface area contributed by atoms with Gasteiger partial charge in [0.05, 0.1) is 0 Å². The first-order valence-electron chi connectivity index (χ1n) is 5.57. The molecule has 3 unspecified atom stereocenters. The smallest absolute Gasteiger partial charge is 0.283 e. The zero-order valence-electron chi connectivity index (χ0n) is 11.1. The second-order valence-electron chi connectivity index (χ2n) is 4.21. The summed E-state index contributed by atoms with van der Waals surface area (Å²) in [6, 6.07) is 0. The Bertz CT molecular complexity index is 547. The lowest BCUT2D eigenvalue weighted by molar-refractivity contribution is -0.183. The third-order valence-electron chi connectivity index (χ3n) is 3.20. The first-order valence-corrected chi connectivity index (χ1v) is 7.01. The second kappa shape index (κ2) is 5.53. The zero-order valence-corrected chi connectivity index (χ0v) is 11.9. The fraction of sp³-hybridized carbons (Fsp3) is 0.500. The van der Waals surface area contributed by atoms with E-state index in [0.717, 1.165) is 6.92 Å². The van der Waals surface area contributed by atoms with Crippen LogP contribution in [0.5, 0.6) is 0 Å². The number of allylic oxidation sites excluding steroid dienone is 2. The number of alkyl halides is 5. The predicted octanol–water partition coefficient (Wildman–Crippen LogP) is 3.56. The molecule has 0 fully saturated rings. The average molecular weight is 334 g/mol. The molecule has 0 aliphatic carbocycles. The highest BCUT2D eigenvalue weighted by Gasteiger charge is 2.76. The molecule has 0 aromatic carbocycles. The molecular weight excluding hydrogens is 319 g/mol. The largest absolute Gasteiger partial charge is 0.308 e. The summed E-state index contributed by atoms with van der Waals surface area (Å²) in [5, 5.41) is -4.59. The van der Waals surface area contributed by atoms with Gasteiger partial charge < -0.3 is 0 Å². The molecule has 3 atom stereocenters. The highest BCUT2D eigenvalue weighted by atomic mass is 32.2. The number of hydrogen-bond acceptors (Lipinski definition) is 2. The van der Waals surface area contributed by atoms with Gasteiger partial charge in [0.1, 0.15) is 0 Å². The Morgan fingerprint density at radius 1 is 0.952 bits per heavy atom. The van der Waals surface area contributed by atoms with Crippen LogP contribution in [0, 0.1) is 0 Å². The molecule has 1 N–H and O–H groups in total. The predicted molar refractivity (Wildman–Crippen MR) is 68.9 cm³/mol. The highest BCUT2D eigenvalue weighted by molar-refractivity contribution is 7.87. The maximum atomic E-state index is 14.8. The van der Waals surface area contributed by atoms with Gasteiger partial charge in [-0.25, -0.2) is 22.0 Å². The Kier molecular flexibility index (Phi) is 5.20. The van der Waals surface area contributed by atoms with Crippen molar-refractivity contribution >= 4 is 10.1 Å². The second-order valence-corrected chi connectivity index (χ2v) is 5.76. The highest BCUT2D eigenvalue weighted by Crippen LogP contribution is 2.54. The Hall–Kier alpha value is -1.22. The molecule has 0 rings (SSSR count). The molecule has 0 saturated heterocycles. The molecule has 21 heavy (non-hydrogen) atoms. The van der Waals surface area contributed by atoms with Crippen LogP contribution in [0.3, 0.4) is 0 Å². The maximum absolute atomic E-state index is 14.8. The van der Waals surface area contributed by atoms with Crippen LogP contribution in [-0.4, -0.2) is 35.2 Å². The van der Waals surface area contributed by atoms with Gasteiger partial charge in [0.15, 0.2) is 0 Å².